The van der Waals surface area contributed by atoms with E-state index in [1.807, 2.05) is 24.3 Å². The lowest BCUT2D eigenvalue weighted by atomic mass is 10.2. The summed E-state index contributed by atoms with van der Waals surface area (Å²) in [7, 11) is 3.14. The number of hydrogen-bond donors (Lipinski definition) is 1. The van der Waals surface area contributed by atoms with Gasteiger partial charge in [-0.1, -0.05) is 57.5 Å². The van der Waals surface area contributed by atoms with Gasteiger partial charge in [0.1, 0.15) is 11.5 Å². The number of nitrogens with one attached hydrogen (secondary N) is 1. The molecule has 4 aromatic rings. The van der Waals surface area contributed by atoms with E-state index in [0.29, 0.717) is 45.3 Å². The summed E-state index contributed by atoms with van der Waals surface area (Å²) in [6.45, 7) is 0.688. The van der Waals surface area contributed by atoms with Crippen LogP contribution in [0.15, 0.2) is 70.3 Å². The average molecular weight is 643 g/mol. The molecule has 0 bridgehead atoms. The summed E-state index contributed by atoms with van der Waals surface area (Å²) in [4.78, 5) is 28.0. The molecule has 2 amide bonds. The van der Waals surface area contributed by atoms with Crippen LogP contribution in [0.2, 0.25) is 5.02 Å². The Bertz CT molecular complexity index is 1580. The Hall–Kier alpha value is -3.54. The van der Waals surface area contributed by atoms with E-state index in [1.165, 1.54) is 11.8 Å². The number of methoxy groups -OCH3 is 2. The van der Waals surface area contributed by atoms with Crippen LogP contribution in [-0.2, 0) is 17.8 Å². The summed E-state index contributed by atoms with van der Waals surface area (Å²) in [6.07, 6.45) is 0.829. The number of aromatic nitrogens is 3. The van der Waals surface area contributed by atoms with E-state index in [-0.39, 0.29) is 24.1 Å². The number of fused-ring (bicyclic) bond motifs is 1. The third-order valence-electron chi connectivity index (χ3n) is 6.42. The van der Waals surface area contributed by atoms with Gasteiger partial charge in [0.2, 0.25) is 5.91 Å². The lowest BCUT2D eigenvalue weighted by Gasteiger charge is -2.18. The van der Waals surface area contributed by atoms with Crippen LogP contribution >= 0.6 is 39.3 Å². The monoisotopic (exact) mass is 641 g/mol. The molecule has 9 nitrogen and oxygen atoms in total. The highest BCUT2D eigenvalue weighted by atomic mass is 79.9. The molecular formula is C28H25BrClN5O4S. The quantitative estimate of drug-likeness (QED) is 0.247. The maximum absolute atomic E-state index is 13.2. The van der Waals surface area contributed by atoms with Gasteiger partial charge in [-0.05, 0) is 48.4 Å². The van der Waals surface area contributed by atoms with Crippen LogP contribution in [0.5, 0.6) is 11.5 Å². The number of benzene rings is 3. The van der Waals surface area contributed by atoms with Gasteiger partial charge in [0.05, 0.1) is 42.8 Å². The van der Waals surface area contributed by atoms with Crippen molar-refractivity contribution in [1.82, 2.24) is 20.1 Å². The van der Waals surface area contributed by atoms with Gasteiger partial charge in [0.15, 0.2) is 11.0 Å². The summed E-state index contributed by atoms with van der Waals surface area (Å²) in [5, 5.41) is 12.4. The van der Waals surface area contributed by atoms with Gasteiger partial charge in [-0.2, -0.15) is 0 Å². The molecule has 1 aliphatic rings. The van der Waals surface area contributed by atoms with Gasteiger partial charge >= 0.3 is 0 Å². The minimum atomic E-state index is -0.365. The lowest BCUT2D eigenvalue weighted by molar-refractivity contribution is -0.116. The summed E-state index contributed by atoms with van der Waals surface area (Å²) < 4.78 is 13.6. The van der Waals surface area contributed by atoms with E-state index in [1.54, 1.807) is 60.1 Å². The maximum Gasteiger partial charge on any atom is 0.253 e. The zero-order chi connectivity index (χ0) is 28.2. The van der Waals surface area contributed by atoms with Crippen molar-refractivity contribution >= 4 is 56.8 Å². The average Bonchev–Trinajstić information content (AvgIpc) is 3.59. The van der Waals surface area contributed by atoms with Crippen LogP contribution in [-0.4, -0.2) is 53.1 Å². The molecule has 206 valence electrons. The largest absolute Gasteiger partial charge is 0.497 e. The first-order chi connectivity index (χ1) is 19.4. The normalized spacial score (nSPS) is 12.2. The van der Waals surface area contributed by atoms with E-state index in [0.717, 1.165) is 22.1 Å². The van der Waals surface area contributed by atoms with Crippen molar-refractivity contribution in [1.29, 1.82) is 0 Å². The van der Waals surface area contributed by atoms with Gasteiger partial charge in [0.25, 0.3) is 5.91 Å². The molecule has 0 atom stereocenters. The number of rotatable bonds is 9. The summed E-state index contributed by atoms with van der Waals surface area (Å²) in [6, 6.07) is 18.3. The molecule has 12 heteroatoms. The molecule has 0 fully saturated rings. The molecule has 0 radical (unpaired) electrons. The minimum Gasteiger partial charge on any atom is -0.497 e. The van der Waals surface area contributed by atoms with Crippen LogP contribution in [0.4, 0.5) is 5.69 Å². The Morgan fingerprint density at radius 1 is 1.05 bits per heavy atom. The van der Waals surface area contributed by atoms with Crippen molar-refractivity contribution in [2.75, 3.05) is 31.4 Å². The first kappa shape index (κ1) is 28.0. The Labute approximate surface area is 248 Å². The summed E-state index contributed by atoms with van der Waals surface area (Å²) in [5.41, 5.74) is 3.04. The zero-order valence-electron chi connectivity index (χ0n) is 21.7. The Morgan fingerprint density at radius 3 is 2.67 bits per heavy atom. The van der Waals surface area contributed by atoms with E-state index >= 15 is 0 Å². The van der Waals surface area contributed by atoms with Crippen molar-refractivity contribution in [3.05, 3.63) is 87.1 Å². The minimum absolute atomic E-state index is 0.0266. The fraction of sp³-hybridized carbons (Fsp3) is 0.214. The molecule has 1 aromatic heterocycles. The molecule has 1 N–H and O–H groups in total. The lowest BCUT2D eigenvalue weighted by Crippen LogP contribution is -2.30. The summed E-state index contributed by atoms with van der Waals surface area (Å²) >= 11 is 10.9. The molecular weight excluding hydrogens is 618 g/mol. The number of ether oxygens (including phenoxy) is 2. The fourth-order valence-electron chi connectivity index (χ4n) is 4.45. The molecule has 3 aromatic carbocycles. The zero-order valence-corrected chi connectivity index (χ0v) is 24.8. The van der Waals surface area contributed by atoms with E-state index in [4.69, 9.17) is 21.1 Å². The molecule has 40 heavy (non-hydrogen) atoms. The van der Waals surface area contributed by atoms with E-state index in [2.05, 4.69) is 31.4 Å². The van der Waals surface area contributed by atoms with Crippen LogP contribution in [0.3, 0.4) is 0 Å². The smallest absolute Gasteiger partial charge is 0.253 e. The van der Waals surface area contributed by atoms with Crippen molar-refractivity contribution < 1.29 is 19.1 Å². The van der Waals surface area contributed by atoms with Crippen molar-refractivity contribution in [3.8, 4) is 17.2 Å². The van der Waals surface area contributed by atoms with Crippen molar-refractivity contribution in [3.63, 3.8) is 0 Å². The number of halogens is 2. The number of carbonyl (C=O) groups is 2. The predicted molar refractivity (Wildman–Crippen MR) is 158 cm³/mol. The highest BCUT2D eigenvalue weighted by molar-refractivity contribution is 9.10. The molecule has 5 rings (SSSR count). The van der Waals surface area contributed by atoms with Gasteiger partial charge in [-0.3, -0.25) is 14.2 Å². The predicted octanol–water partition coefficient (Wildman–Crippen LogP) is 5.31. The molecule has 0 saturated carbocycles. The van der Waals surface area contributed by atoms with Gasteiger partial charge in [0, 0.05) is 22.8 Å². The highest BCUT2D eigenvalue weighted by Gasteiger charge is 2.26. The second kappa shape index (κ2) is 12.3. The van der Waals surface area contributed by atoms with Crippen molar-refractivity contribution in [2.45, 2.75) is 18.1 Å². The SMILES string of the molecule is COc1ccc(OC)c(-n2c(CNC(=O)c3cc(Br)ccc3Cl)nnc2SCC(=O)N2CCc3ccccc32)c1. The number of carbonyl (C=O) groups excluding carboxylic acids is 2. The number of anilines is 1. The molecule has 1 aliphatic heterocycles. The number of nitrogens with zero attached hydrogens (tertiary/aromatic N) is 4. The first-order valence-corrected chi connectivity index (χ1v) is 14.5. The number of thioether (sulfide) groups is 1. The topological polar surface area (TPSA) is 98.6 Å². The molecule has 2 heterocycles. The number of hydrogen-bond acceptors (Lipinski definition) is 7. The third kappa shape index (κ3) is 5.81. The standard InChI is InChI=1S/C28H25BrClN5O4S/c1-38-19-8-10-24(39-2)23(14-19)35-25(15-31-27(37)20-13-18(29)7-9-21(20)30)32-33-28(35)40-16-26(36)34-12-11-17-5-3-4-6-22(17)34/h3-10,13-14H,11-12,15-16H2,1-2H3,(H,31,37). The third-order valence-corrected chi connectivity index (χ3v) is 8.16. The second-order valence-corrected chi connectivity index (χ2v) is 11.1. The number of amides is 2. The molecule has 0 saturated heterocycles. The Balaban J connectivity index is 1.43. The van der Waals surface area contributed by atoms with Crippen molar-refractivity contribution in [2.24, 2.45) is 0 Å². The Morgan fingerprint density at radius 2 is 1.88 bits per heavy atom. The summed E-state index contributed by atoms with van der Waals surface area (Å²) in [5.74, 6) is 1.34. The second-order valence-electron chi connectivity index (χ2n) is 8.79. The highest BCUT2D eigenvalue weighted by Crippen LogP contribution is 2.33. The van der Waals surface area contributed by atoms with Gasteiger partial charge in [-0.15, -0.1) is 10.2 Å². The fourth-order valence-corrected chi connectivity index (χ4v) is 5.85. The molecule has 0 spiro atoms. The maximum atomic E-state index is 13.2. The first-order valence-electron chi connectivity index (χ1n) is 12.3. The van der Waals surface area contributed by atoms with Gasteiger partial charge in [-0.25, -0.2) is 0 Å². The Kier molecular flexibility index (Phi) is 8.63. The molecule has 0 aliphatic carbocycles. The van der Waals surface area contributed by atoms with Crippen LogP contribution < -0.4 is 19.7 Å². The van der Waals surface area contributed by atoms with Crippen LogP contribution in [0.1, 0.15) is 21.7 Å². The van der Waals surface area contributed by atoms with E-state index in [9.17, 15) is 9.59 Å². The van der Waals surface area contributed by atoms with E-state index < -0.39 is 0 Å². The van der Waals surface area contributed by atoms with Crippen LogP contribution in [0.25, 0.3) is 5.69 Å². The number of para-hydroxylation sites is 1. The van der Waals surface area contributed by atoms with Crippen LogP contribution in [0, 0.1) is 0 Å². The van der Waals surface area contributed by atoms with Gasteiger partial charge < -0.3 is 19.7 Å². The molecule has 0 unspecified atom stereocenters.